The van der Waals surface area contributed by atoms with Gasteiger partial charge in [-0.2, -0.15) is 5.26 Å². The SMILES string of the molecule is CC1(C)Nc2ccc(C#N)cc2N1. The second kappa shape index (κ2) is 2.40. The molecule has 1 aliphatic rings. The zero-order valence-corrected chi connectivity index (χ0v) is 7.68. The largest absolute Gasteiger partial charge is 0.362 e. The number of fused-ring (bicyclic) bond motifs is 1. The number of benzene rings is 1. The summed E-state index contributed by atoms with van der Waals surface area (Å²) in [6.45, 7) is 4.11. The molecule has 2 N–H and O–H groups in total. The topological polar surface area (TPSA) is 47.9 Å². The molecule has 0 atom stereocenters. The van der Waals surface area contributed by atoms with Crippen LogP contribution >= 0.6 is 0 Å². The average molecular weight is 173 g/mol. The Labute approximate surface area is 77.4 Å². The summed E-state index contributed by atoms with van der Waals surface area (Å²) in [6, 6.07) is 7.72. The highest BCUT2D eigenvalue weighted by Gasteiger charge is 2.25. The van der Waals surface area contributed by atoms with Gasteiger partial charge in [-0.3, -0.25) is 0 Å². The highest BCUT2D eigenvalue weighted by atomic mass is 15.2. The Morgan fingerprint density at radius 3 is 2.62 bits per heavy atom. The van der Waals surface area contributed by atoms with E-state index in [2.05, 4.69) is 30.6 Å². The first-order valence-corrected chi connectivity index (χ1v) is 4.21. The van der Waals surface area contributed by atoms with Gasteiger partial charge in [-0.15, -0.1) is 0 Å². The van der Waals surface area contributed by atoms with E-state index < -0.39 is 0 Å². The maximum Gasteiger partial charge on any atom is 0.102 e. The molecule has 1 aromatic carbocycles. The third-order valence-electron chi connectivity index (χ3n) is 2.04. The molecule has 2 rings (SSSR count). The van der Waals surface area contributed by atoms with Crippen molar-refractivity contribution in [3.05, 3.63) is 23.8 Å². The van der Waals surface area contributed by atoms with Crippen molar-refractivity contribution in [3.63, 3.8) is 0 Å². The molecular weight excluding hydrogens is 162 g/mol. The highest BCUT2D eigenvalue weighted by molar-refractivity contribution is 5.77. The number of nitrogens with zero attached hydrogens (tertiary/aromatic N) is 1. The summed E-state index contributed by atoms with van der Waals surface area (Å²) in [5, 5.41) is 15.3. The van der Waals surface area contributed by atoms with Gasteiger partial charge in [0.15, 0.2) is 0 Å². The van der Waals surface area contributed by atoms with Gasteiger partial charge in [0.2, 0.25) is 0 Å². The Kier molecular flexibility index (Phi) is 1.46. The molecule has 0 fully saturated rings. The molecule has 0 unspecified atom stereocenters. The Morgan fingerprint density at radius 2 is 1.92 bits per heavy atom. The van der Waals surface area contributed by atoms with Crippen LogP contribution < -0.4 is 10.6 Å². The van der Waals surface area contributed by atoms with Crippen LogP contribution in [0.25, 0.3) is 0 Å². The van der Waals surface area contributed by atoms with Gasteiger partial charge in [-0.25, -0.2) is 0 Å². The molecule has 0 saturated heterocycles. The molecule has 0 saturated carbocycles. The molecule has 0 aromatic heterocycles. The van der Waals surface area contributed by atoms with Crippen LogP contribution in [0, 0.1) is 11.3 Å². The second-order valence-corrected chi connectivity index (χ2v) is 3.75. The molecule has 1 aromatic rings. The Bertz CT molecular complexity index is 388. The van der Waals surface area contributed by atoms with E-state index in [-0.39, 0.29) is 5.66 Å². The first-order valence-electron chi connectivity index (χ1n) is 4.21. The number of rotatable bonds is 0. The quantitative estimate of drug-likeness (QED) is 0.631. The normalized spacial score (nSPS) is 16.7. The lowest BCUT2D eigenvalue weighted by molar-refractivity contribution is 0.675. The third kappa shape index (κ3) is 1.31. The number of hydrogen-bond donors (Lipinski definition) is 2. The predicted molar refractivity (Wildman–Crippen MR) is 52.5 cm³/mol. The lowest BCUT2D eigenvalue weighted by Gasteiger charge is -2.19. The van der Waals surface area contributed by atoms with Crippen molar-refractivity contribution < 1.29 is 0 Å². The minimum atomic E-state index is -0.115. The molecule has 1 aliphatic heterocycles. The van der Waals surface area contributed by atoms with Gasteiger partial charge < -0.3 is 10.6 Å². The summed E-state index contributed by atoms with van der Waals surface area (Å²) in [5.41, 5.74) is 2.63. The Morgan fingerprint density at radius 1 is 1.23 bits per heavy atom. The molecule has 3 heteroatoms. The molecule has 0 amide bonds. The van der Waals surface area contributed by atoms with Crippen LogP contribution in [-0.2, 0) is 0 Å². The summed E-state index contributed by atoms with van der Waals surface area (Å²) >= 11 is 0. The molecule has 0 aliphatic carbocycles. The van der Waals surface area contributed by atoms with E-state index in [1.165, 1.54) is 0 Å². The number of nitrogens with one attached hydrogen (secondary N) is 2. The predicted octanol–water partition coefficient (Wildman–Crippen LogP) is 2.13. The van der Waals surface area contributed by atoms with Gasteiger partial charge in [-0.05, 0) is 32.0 Å². The van der Waals surface area contributed by atoms with Crippen molar-refractivity contribution in [2.24, 2.45) is 0 Å². The van der Waals surface area contributed by atoms with E-state index >= 15 is 0 Å². The van der Waals surface area contributed by atoms with E-state index in [4.69, 9.17) is 5.26 Å². The van der Waals surface area contributed by atoms with Crippen LogP contribution in [0.3, 0.4) is 0 Å². The van der Waals surface area contributed by atoms with Gasteiger partial charge in [0.1, 0.15) is 5.66 Å². The minimum absolute atomic E-state index is 0.115. The zero-order valence-electron chi connectivity index (χ0n) is 7.68. The molecule has 13 heavy (non-hydrogen) atoms. The van der Waals surface area contributed by atoms with Gasteiger partial charge in [0.25, 0.3) is 0 Å². The van der Waals surface area contributed by atoms with Crippen LogP contribution in [0.15, 0.2) is 18.2 Å². The van der Waals surface area contributed by atoms with Gasteiger partial charge in [-0.1, -0.05) is 0 Å². The van der Waals surface area contributed by atoms with E-state index in [0.717, 1.165) is 11.4 Å². The summed E-state index contributed by atoms with van der Waals surface area (Å²) < 4.78 is 0. The summed E-state index contributed by atoms with van der Waals surface area (Å²) in [4.78, 5) is 0. The number of nitriles is 1. The van der Waals surface area contributed by atoms with Crippen molar-refractivity contribution >= 4 is 11.4 Å². The van der Waals surface area contributed by atoms with Crippen molar-refractivity contribution in [3.8, 4) is 6.07 Å². The van der Waals surface area contributed by atoms with Crippen LogP contribution in [-0.4, -0.2) is 5.66 Å². The highest BCUT2D eigenvalue weighted by Crippen LogP contribution is 2.33. The smallest absolute Gasteiger partial charge is 0.102 e. The first-order chi connectivity index (χ1) is 6.11. The summed E-state index contributed by atoms with van der Waals surface area (Å²) in [6.07, 6.45) is 0. The van der Waals surface area contributed by atoms with Gasteiger partial charge >= 0.3 is 0 Å². The third-order valence-corrected chi connectivity index (χ3v) is 2.04. The maximum atomic E-state index is 8.70. The maximum absolute atomic E-state index is 8.70. The Hall–Kier alpha value is -1.69. The molecule has 1 heterocycles. The van der Waals surface area contributed by atoms with Crippen molar-refractivity contribution in [1.82, 2.24) is 0 Å². The molecule has 3 nitrogen and oxygen atoms in total. The van der Waals surface area contributed by atoms with E-state index in [1.54, 1.807) is 0 Å². The molecule has 0 bridgehead atoms. The average Bonchev–Trinajstić information content (AvgIpc) is 2.36. The monoisotopic (exact) mass is 173 g/mol. The Balaban J connectivity index is 2.43. The van der Waals surface area contributed by atoms with E-state index in [0.29, 0.717) is 5.56 Å². The molecule has 0 radical (unpaired) electrons. The van der Waals surface area contributed by atoms with Gasteiger partial charge in [0.05, 0.1) is 23.0 Å². The van der Waals surface area contributed by atoms with Crippen LogP contribution in [0.5, 0.6) is 0 Å². The lowest BCUT2D eigenvalue weighted by atomic mass is 10.2. The standard InChI is InChI=1S/C10H11N3/c1-10(2)12-8-4-3-7(6-11)5-9(8)13-10/h3-5,12-13H,1-2H3. The second-order valence-electron chi connectivity index (χ2n) is 3.75. The van der Waals surface area contributed by atoms with E-state index in [1.807, 2.05) is 18.2 Å². The first kappa shape index (κ1) is 7.93. The fourth-order valence-corrected chi connectivity index (χ4v) is 1.53. The molecule has 66 valence electrons. The van der Waals surface area contributed by atoms with Crippen LogP contribution in [0.2, 0.25) is 0 Å². The summed E-state index contributed by atoms with van der Waals surface area (Å²) in [5.74, 6) is 0. The zero-order chi connectivity index (χ0) is 9.47. The van der Waals surface area contributed by atoms with Crippen molar-refractivity contribution in [2.75, 3.05) is 10.6 Å². The van der Waals surface area contributed by atoms with E-state index in [9.17, 15) is 0 Å². The van der Waals surface area contributed by atoms with Crippen LogP contribution in [0.4, 0.5) is 11.4 Å². The molecule has 0 spiro atoms. The number of hydrogen-bond acceptors (Lipinski definition) is 3. The van der Waals surface area contributed by atoms with Crippen molar-refractivity contribution in [1.29, 1.82) is 5.26 Å². The number of anilines is 2. The minimum Gasteiger partial charge on any atom is -0.362 e. The fraction of sp³-hybridized carbons (Fsp3) is 0.300. The summed E-state index contributed by atoms with van der Waals surface area (Å²) in [7, 11) is 0. The molecular formula is C10H11N3. The van der Waals surface area contributed by atoms with Crippen LogP contribution in [0.1, 0.15) is 19.4 Å². The fourth-order valence-electron chi connectivity index (χ4n) is 1.53. The van der Waals surface area contributed by atoms with Crippen molar-refractivity contribution in [2.45, 2.75) is 19.5 Å². The van der Waals surface area contributed by atoms with Gasteiger partial charge in [0, 0.05) is 0 Å². The lowest BCUT2D eigenvalue weighted by Crippen LogP contribution is -2.33.